The molecule has 0 saturated heterocycles. The molecule has 2 heterocycles. The highest BCUT2D eigenvalue weighted by Crippen LogP contribution is 2.39. The van der Waals surface area contributed by atoms with Crippen LogP contribution in [-0.2, 0) is 0 Å². The van der Waals surface area contributed by atoms with E-state index in [4.69, 9.17) is 17.7 Å². The maximum Gasteiger partial charge on any atom is 0.164 e. The monoisotopic (exact) mass is 573 g/mol. The minimum atomic E-state index is -0.258. The van der Waals surface area contributed by atoms with E-state index in [1.54, 1.807) is 12.1 Å². The molecule has 0 atom stereocenters. The van der Waals surface area contributed by atoms with Crippen LogP contribution in [0.2, 0.25) is 0 Å². The van der Waals surface area contributed by atoms with E-state index in [0.717, 1.165) is 33.6 Å². The third-order valence-electron chi connectivity index (χ3n) is 7.22. The van der Waals surface area contributed by atoms with Gasteiger partial charge in [-0.3, -0.25) is 0 Å². The van der Waals surface area contributed by atoms with Crippen LogP contribution in [0.4, 0.5) is 0 Å². The van der Waals surface area contributed by atoms with Gasteiger partial charge in [0, 0.05) is 36.9 Å². The third-order valence-corrected chi connectivity index (χ3v) is 8.24. The zero-order valence-corrected chi connectivity index (χ0v) is 23.5. The maximum atomic E-state index is 9.42. The van der Waals surface area contributed by atoms with Crippen LogP contribution in [0, 0.1) is 0 Å². The predicted octanol–water partition coefficient (Wildman–Crippen LogP) is 10.6. The average molecular weight is 574 g/mol. The second-order valence-corrected chi connectivity index (χ2v) is 11.0. The molecule has 2 aromatic heterocycles. The number of benzene rings is 6. The third kappa shape index (κ3) is 4.78. The van der Waals surface area contributed by atoms with Crippen molar-refractivity contribution in [1.29, 1.82) is 0 Å². The zero-order chi connectivity index (χ0) is 33.8. The Hall–Kier alpha value is -5.45. The number of hydrogen-bond acceptors (Lipinski definition) is 4. The van der Waals surface area contributed by atoms with Crippen molar-refractivity contribution in [2.75, 3.05) is 0 Å². The van der Waals surface area contributed by atoms with Crippen molar-refractivity contribution in [1.82, 2.24) is 15.0 Å². The minimum Gasteiger partial charge on any atom is -0.208 e. The topological polar surface area (TPSA) is 38.7 Å². The van der Waals surface area contributed by atoms with Crippen molar-refractivity contribution in [3.05, 3.63) is 152 Å². The minimum absolute atomic E-state index is 0.000157. The van der Waals surface area contributed by atoms with Crippen molar-refractivity contribution in [3.8, 4) is 56.4 Å². The van der Waals surface area contributed by atoms with Crippen LogP contribution < -0.4 is 0 Å². The molecule has 0 radical (unpaired) electrons. The first-order chi connectivity index (χ1) is 23.8. The van der Waals surface area contributed by atoms with Gasteiger partial charge in [0.25, 0.3) is 0 Å². The lowest BCUT2D eigenvalue weighted by Gasteiger charge is -2.12. The highest BCUT2D eigenvalue weighted by molar-refractivity contribution is 7.25. The van der Waals surface area contributed by atoms with Crippen molar-refractivity contribution in [2.45, 2.75) is 0 Å². The number of hydrogen-bond donors (Lipinski definition) is 0. The van der Waals surface area contributed by atoms with Gasteiger partial charge in [-0.1, -0.05) is 133 Å². The van der Waals surface area contributed by atoms with E-state index >= 15 is 0 Å². The number of aromatic nitrogens is 3. The summed E-state index contributed by atoms with van der Waals surface area (Å²) in [6, 6.07) is 35.5. The van der Waals surface area contributed by atoms with Gasteiger partial charge in [-0.25, -0.2) is 15.0 Å². The Labute approximate surface area is 262 Å². The summed E-state index contributed by atoms with van der Waals surface area (Å²) in [5.41, 5.74) is 4.32. The molecular weight excluding hydrogens is 543 g/mol. The van der Waals surface area contributed by atoms with Crippen molar-refractivity contribution in [3.63, 3.8) is 0 Å². The van der Waals surface area contributed by atoms with Crippen LogP contribution in [0.5, 0.6) is 0 Å². The van der Waals surface area contributed by atoms with Gasteiger partial charge in [-0.05, 0) is 40.4 Å². The summed E-state index contributed by atoms with van der Waals surface area (Å²) in [6.45, 7) is 0. The SMILES string of the molecule is [2H]c1c(-c2ccccc2)c([2H])c2c(sc3c([2H])c(-c4nc(-c5ccccc5)nc(-c5ccccc5-c5ccccc5)n4)c([2H])c([2H])c32)c1[2H]. The van der Waals surface area contributed by atoms with E-state index in [-0.39, 0.29) is 58.6 Å². The smallest absolute Gasteiger partial charge is 0.164 e. The Bertz CT molecular complexity index is 2560. The molecule has 43 heavy (non-hydrogen) atoms. The van der Waals surface area contributed by atoms with E-state index in [9.17, 15) is 5.48 Å². The normalized spacial score (nSPS) is 13.2. The lowest BCUT2D eigenvalue weighted by atomic mass is 9.99. The Balaban J connectivity index is 1.42. The Morgan fingerprint density at radius 1 is 0.395 bits per heavy atom. The van der Waals surface area contributed by atoms with Gasteiger partial charge in [0.2, 0.25) is 0 Å². The van der Waals surface area contributed by atoms with Gasteiger partial charge in [-0.2, -0.15) is 0 Å². The molecule has 0 aliphatic rings. The van der Waals surface area contributed by atoms with Crippen LogP contribution >= 0.6 is 11.3 Å². The Morgan fingerprint density at radius 3 is 1.67 bits per heavy atom. The van der Waals surface area contributed by atoms with E-state index in [1.807, 2.05) is 103 Å². The molecule has 0 aliphatic heterocycles. The molecule has 202 valence electrons. The predicted molar refractivity (Wildman–Crippen MR) is 180 cm³/mol. The standard InChI is InChI=1S/C39H25N3S/c1-4-12-26(13-5-1)29-21-23-35-34(24-29)32-22-20-30(25-36(32)43-35)38-40-37(28-16-8-3-9-17-28)41-39(42-38)33-19-11-10-18-31(33)27-14-6-2-7-15-27/h1-25H/i20D,21D,22D,23D,24D,25D. The number of fused-ring (bicyclic) bond motifs is 3. The molecule has 8 aromatic rings. The van der Waals surface area contributed by atoms with Gasteiger partial charge >= 0.3 is 0 Å². The zero-order valence-electron chi connectivity index (χ0n) is 28.7. The first kappa shape index (κ1) is 19.6. The van der Waals surface area contributed by atoms with Gasteiger partial charge in [0.05, 0.1) is 8.22 Å². The highest BCUT2D eigenvalue weighted by Gasteiger charge is 2.16. The van der Waals surface area contributed by atoms with Crippen LogP contribution in [0.25, 0.3) is 76.6 Å². The van der Waals surface area contributed by atoms with E-state index < -0.39 is 0 Å². The molecule has 8 rings (SSSR count). The fourth-order valence-corrected chi connectivity index (χ4v) is 6.09. The van der Waals surface area contributed by atoms with Gasteiger partial charge < -0.3 is 0 Å². The lowest BCUT2D eigenvalue weighted by Crippen LogP contribution is -2.01. The second kappa shape index (κ2) is 10.8. The first-order valence-electron chi connectivity index (χ1n) is 16.8. The van der Waals surface area contributed by atoms with Crippen molar-refractivity contribution >= 4 is 31.5 Å². The van der Waals surface area contributed by atoms with E-state index in [1.165, 1.54) is 0 Å². The molecule has 0 aliphatic carbocycles. The summed E-state index contributed by atoms with van der Waals surface area (Å²) >= 11 is 1.09. The van der Waals surface area contributed by atoms with Gasteiger partial charge in [0.15, 0.2) is 17.5 Å². The molecule has 0 N–H and O–H groups in total. The highest BCUT2D eigenvalue weighted by atomic mass is 32.1. The van der Waals surface area contributed by atoms with Gasteiger partial charge in [-0.15, -0.1) is 11.3 Å². The largest absolute Gasteiger partial charge is 0.208 e. The van der Waals surface area contributed by atoms with Crippen LogP contribution in [0.15, 0.2) is 152 Å². The van der Waals surface area contributed by atoms with Crippen LogP contribution in [0.1, 0.15) is 8.22 Å². The number of thiophene rings is 1. The molecular formula is C39H25N3S. The Morgan fingerprint density at radius 2 is 0.953 bits per heavy atom. The molecule has 4 heteroatoms. The number of nitrogens with zero attached hydrogens (tertiary/aromatic N) is 3. The molecule has 6 aromatic carbocycles. The first-order valence-corrected chi connectivity index (χ1v) is 14.6. The molecule has 0 bridgehead atoms. The lowest BCUT2D eigenvalue weighted by molar-refractivity contribution is 1.07. The molecule has 0 saturated carbocycles. The van der Waals surface area contributed by atoms with Crippen LogP contribution in [0.3, 0.4) is 0 Å². The quantitative estimate of drug-likeness (QED) is 0.206. The molecule has 0 unspecified atom stereocenters. The summed E-state index contributed by atoms with van der Waals surface area (Å²) in [5.74, 6) is 0.801. The summed E-state index contributed by atoms with van der Waals surface area (Å²) in [4.78, 5) is 14.5. The molecule has 0 fully saturated rings. The fourth-order valence-electron chi connectivity index (χ4n) is 5.12. The summed E-state index contributed by atoms with van der Waals surface area (Å²) < 4.78 is 55.4. The molecule has 0 spiro atoms. The average Bonchev–Trinajstić information content (AvgIpc) is 3.56. The summed E-state index contributed by atoms with van der Waals surface area (Å²) in [5, 5.41) is 0.554. The second-order valence-electron chi connectivity index (χ2n) is 9.96. The Kier molecular flexibility index (Phi) is 4.91. The van der Waals surface area contributed by atoms with Crippen LogP contribution in [-0.4, -0.2) is 15.0 Å². The summed E-state index contributed by atoms with van der Waals surface area (Å²) in [6.07, 6.45) is 0. The molecule has 3 nitrogen and oxygen atoms in total. The van der Waals surface area contributed by atoms with E-state index in [0.29, 0.717) is 32.0 Å². The fraction of sp³-hybridized carbons (Fsp3) is 0. The van der Waals surface area contributed by atoms with Gasteiger partial charge in [0.1, 0.15) is 0 Å². The van der Waals surface area contributed by atoms with Crippen molar-refractivity contribution < 1.29 is 8.22 Å². The number of rotatable bonds is 5. The molecule has 0 amide bonds. The van der Waals surface area contributed by atoms with E-state index in [2.05, 4.69) is 0 Å². The summed E-state index contributed by atoms with van der Waals surface area (Å²) in [7, 11) is 0. The maximum absolute atomic E-state index is 9.42. The van der Waals surface area contributed by atoms with Crippen molar-refractivity contribution in [2.24, 2.45) is 0 Å².